The van der Waals surface area contributed by atoms with Gasteiger partial charge in [-0.1, -0.05) is 12.1 Å². The zero-order valence-corrected chi connectivity index (χ0v) is 11.9. The Morgan fingerprint density at radius 1 is 1.05 bits per heavy atom. The van der Waals surface area contributed by atoms with Crippen LogP contribution in [-0.4, -0.2) is 10.9 Å². The Hall–Kier alpha value is -2.66. The monoisotopic (exact) mass is 295 g/mol. The number of carbonyl (C=O) groups excluding carboxylic acids is 1. The van der Waals surface area contributed by atoms with Gasteiger partial charge in [-0.3, -0.25) is 4.79 Å². The molecule has 0 saturated carbocycles. The summed E-state index contributed by atoms with van der Waals surface area (Å²) in [5, 5.41) is 4.04. The van der Waals surface area contributed by atoms with Gasteiger partial charge in [0.05, 0.1) is 0 Å². The summed E-state index contributed by atoms with van der Waals surface area (Å²) in [7, 11) is 0. The van der Waals surface area contributed by atoms with Crippen molar-refractivity contribution < 1.29 is 4.79 Å². The lowest BCUT2D eigenvalue weighted by atomic mass is 10.0. The molecule has 3 rings (SSSR count). The number of pyridine rings is 1. The van der Waals surface area contributed by atoms with Crippen molar-refractivity contribution in [1.29, 1.82) is 0 Å². The van der Waals surface area contributed by atoms with E-state index in [1.807, 2.05) is 35.0 Å². The number of nitrogens with two attached hydrogens (primary N) is 2. The Bertz CT molecular complexity index is 780. The Morgan fingerprint density at radius 3 is 2.43 bits per heavy atom. The summed E-state index contributed by atoms with van der Waals surface area (Å²) in [4.78, 5) is 15.4. The van der Waals surface area contributed by atoms with E-state index in [0.29, 0.717) is 11.4 Å². The fourth-order valence-electron chi connectivity index (χ4n) is 2.11. The number of carbonyl (C=O) groups is 1. The highest BCUT2D eigenvalue weighted by atomic mass is 32.1. The fourth-order valence-corrected chi connectivity index (χ4v) is 2.76. The molecule has 1 amide bonds. The van der Waals surface area contributed by atoms with Crippen LogP contribution in [0.4, 0.5) is 5.82 Å². The van der Waals surface area contributed by atoms with Crippen LogP contribution in [0.1, 0.15) is 10.4 Å². The van der Waals surface area contributed by atoms with Crippen LogP contribution >= 0.6 is 11.3 Å². The third-order valence-electron chi connectivity index (χ3n) is 3.25. The molecule has 3 aromatic rings. The van der Waals surface area contributed by atoms with Crippen LogP contribution in [0.15, 0.2) is 53.4 Å². The molecule has 0 unspecified atom stereocenters. The number of hydrogen-bond acceptors (Lipinski definition) is 4. The van der Waals surface area contributed by atoms with Crippen molar-refractivity contribution in [2.24, 2.45) is 5.73 Å². The third-order valence-corrected chi connectivity index (χ3v) is 3.94. The molecule has 5 heteroatoms. The van der Waals surface area contributed by atoms with E-state index in [4.69, 9.17) is 11.5 Å². The summed E-state index contributed by atoms with van der Waals surface area (Å²) in [6.45, 7) is 0. The topological polar surface area (TPSA) is 82.0 Å². The molecule has 21 heavy (non-hydrogen) atoms. The van der Waals surface area contributed by atoms with E-state index >= 15 is 0 Å². The van der Waals surface area contributed by atoms with Gasteiger partial charge in [-0.25, -0.2) is 4.98 Å². The lowest BCUT2D eigenvalue weighted by Gasteiger charge is -2.07. The summed E-state index contributed by atoms with van der Waals surface area (Å²) < 4.78 is 0. The van der Waals surface area contributed by atoms with Crippen molar-refractivity contribution >= 4 is 23.1 Å². The molecule has 2 heterocycles. The molecule has 0 fully saturated rings. The van der Waals surface area contributed by atoms with Crippen LogP contribution in [0, 0.1) is 0 Å². The van der Waals surface area contributed by atoms with Crippen molar-refractivity contribution in [3.63, 3.8) is 0 Å². The lowest BCUT2D eigenvalue weighted by Crippen LogP contribution is -2.10. The number of hydrogen-bond donors (Lipinski definition) is 2. The fraction of sp³-hybridized carbons (Fsp3) is 0. The molecular formula is C16H13N3OS. The number of anilines is 1. The van der Waals surface area contributed by atoms with Crippen LogP contribution in [0.5, 0.6) is 0 Å². The number of rotatable bonds is 3. The molecule has 0 aliphatic heterocycles. The molecule has 0 atom stereocenters. The maximum atomic E-state index is 11.1. The maximum Gasteiger partial charge on any atom is 0.248 e. The predicted molar refractivity (Wildman–Crippen MR) is 85.9 cm³/mol. The molecule has 4 nitrogen and oxygen atoms in total. The van der Waals surface area contributed by atoms with Crippen molar-refractivity contribution in [2.45, 2.75) is 0 Å². The largest absolute Gasteiger partial charge is 0.383 e. The predicted octanol–water partition coefficient (Wildman–Crippen LogP) is 3.16. The van der Waals surface area contributed by atoms with E-state index in [-0.39, 0.29) is 0 Å². The first-order chi connectivity index (χ1) is 10.1. The van der Waals surface area contributed by atoms with Gasteiger partial charge in [0, 0.05) is 22.9 Å². The Labute approximate surface area is 126 Å². The Morgan fingerprint density at radius 2 is 1.81 bits per heavy atom. The summed E-state index contributed by atoms with van der Waals surface area (Å²) in [5.74, 6) is 0.0712. The number of aromatic nitrogens is 1. The maximum absolute atomic E-state index is 11.1. The number of amides is 1. The van der Waals surface area contributed by atoms with Crippen LogP contribution in [-0.2, 0) is 0 Å². The SMILES string of the molecule is NC(=O)c1ccc(-c2cnc(N)c(-c3ccsc3)c2)cc1. The second kappa shape index (κ2) is 5.38. The first-order valence-electron chi connectivity index (χ1n) is 6.33. The number of primary amides is 1. The van der Waals surface area contributed by atoms with E-state index in [9.17, 15) is 4.79 Å². The quantitative estimate of drug-likeness (QED) is 0.778. The second-order valence-electron chi connectivity index (χ2n) is 4.61. The van der Waals surface area contributed by atoms with Gasteiger partial charge in [0.25, 0.3) is 0 Å². The highest BCUT2D eigenvalue weighted by molar-refractivity contribution is 7.08. The van der Waals surface area contributed by atoms with Gasteiger partial charge in [-0.05, 0) is 46.2 Å². The minimum atomic E-state index is -0.434. The molecule has 0 aliphatic carbocycles. The van der Waals surface area contributed by atoms with Crippen molar-refractivity contribution in [3.8, 4) is 22.3 Å². The van der Waals surface area contributed by atoms with Crippen molar-refractivity contribution in [1.82, 2.24) is 4.98 Å². The third kappa shape index (κ3) is 2.64. The molecule has 0 spiro atoms. The lowest BCUT2D eigenvalue weighted by molar-refractivity contribution is 0.100. The van der Waals surface area contributed by atoms with Gasteiger partial charge in [0.1, 0.15) is 5.82 Å². The molecule has 1 aromatic carbocycles. The zero-order valence-electron chi connectivity index (χ0n) is 11.1. The molecule has 2 aromatic heterocycles. The van der Waals surface area contributed by atoms with Gasteiger partial charge in [-0.15, -0.1) is 0 Å². The minimum absolute atomic E-state index is 0.434. The molecule has 0 radical (unpaired) electrons. The van der Waals surface area contributed by atoms with E-state index in [2.05, 4.69) is 4.98 Å². The summed E-state index contributed by atoms with van der Waals surface area (Å²) >= 11 is 1.62. The van der Waals surface area contributed by atoms with Gasteiger partial charge < -0.3 is 11.5 Å². The average Bonchev–Trinajstić information content (AvgIpc) is 3.02. The van der Waals surface area contributed by atoms with E-state index in [1.165, 1.54) is 0 Å². The van der Waals surface area contributed by atoms with Gasteiger partial charge in [0.2, 0.25) is 5.91 Å². The van der Waals surface area contributed by atoms with Crippen LogP contribution in [0.25, 0.3) is 22.3 Å². The minimum Gasteiger partial charge on any atom is -0.383 e. The molecule has 104 valence electrons. The summed E-state index contributed by atoms with van der Waals surface area (Å²) in [6, 6.07) is 11.1. The standard InChI is InChI=1S/C16H13N3OS/c17-15-14(12-5-6-21-9-12)7-13(8-19-15)10-1-3-11(4-2-10)16(18)20/h1-9H,(H2,17,19)(H2,18,20). The number of benzene rings is 1. The number of thiophene rings is 1. The number of nitrogen functional groups attached to an aromatic ring is 1. The van der Waals surface area contributed by atoms with Crippen LogP contribution in [0.3, 0.4) is 0 Å². The van der Waals surface area contributed by atoms with Gasteiger partial charge in [-0.2, -0.15) is 11.3 Å². The first-order valence-corrected chi connectivity index (χ1v) is 7.28. The average molecular weight is 295 g/mol. The van der Waals surface area contributed by atoms with Crippen LogP contribution < -0.4 is 11.5 Å². The van der Waals surface area contributed by atoms with Gasteiger partial charge in [0.15, 0.2) is 0 Å². The van der Waals surface area contributed by atoms with Crippen molar-refractivity contribution in [3.05, 3.63) is 58.9 Å². The smallest absolute Gasteiger partial charge is 0.248 e. The second-order valence-corrected chi connectivity index (χ2v) is 5.39. The summed E-state index contributed by atoms with van der Waals surface area (Å²) in [5.41, 5.74) is 15.6. The normalized spacial score (nSPS) is 10.5. The zero-order chi connectivity index (χ0) is 14.8. The molecule has 4 N–H and O–H groups in total. The van der Waals surface area contributed by atoms with E-state index in [0.717, 1.165) is 22.3 Å². The molecule has 0 bridgehead atoms. The molecular weight excluding hydrogens is 282 g/mol. The molecule has 0 aliphatic rings. The van der Waals surface area contributed by atoms with E-state index < -0.39 is 5.91 Å². The Kier molecular flexibility index (Phi) is 3.41. The highest BCUT2D eigenvalue weighted by Crippen LogP contribution is 2.30. The highest BCUT2D eigenvalue weighted by Gasteiger charge is 2.08. The molecule has 0 saturated heterocycles. The number of nitrogens with zero attached hydrogens (tertiary/aromatic N) is 1. The Balaban J connectivity index is 2.03. The van der Waals surface area contributed by atoms with Gasteiger partial charge >= 0.3 is 0 Å². The van der Waals surface area contributed by atoms with Crippen LogP contribution in [0.2, 0.25) is 0 Å². The first kappa shape index (κ1) is 13.3. The van der Waals surface area contributed by atoms with E-state index in [1.54, 1.807) is 29.7 Å². The summed E-state index contributed by atoms with van der Waals surface area (Å²) in [6.07, 6.45) is 1.73. The van der Waals surface area contributed by atoms with Crippen molar-refractivity contribution in [2.75, 3.05) is 5.73 Å².